The molecule has 0 fully saturated rings. The lowest BCUT2D eigenvalue weighted by Crippen LogP contribution is -1.90. The third kappa shape index (κ3) is 3.75. The quantitative estimate of drug-likeness (QED) is 0.513. The Bertz CT molecular complexity index is 964. The van der Waals surface area contributed by atoms with E-state index >= 15 is 0 Å². The van der Waals surface area contributed by atoms with Crippen LogP contribution in [0.4, 0.5) is 10.8 Å². The van der Waals surface area contributed by atoms with Crippen LogP contribution < -0.4 is 10.1 Å². The molecule has 4 rings (SSSR count). The molecule has 0 saturated heterocycles. The van der Waals surface area contributed by atoms with E-state index in [4.69, 9.17) is 4.74 Å². The standard InChI is InChI=1S/C17H15N5OS2/c1-23-14-6-4-5-12(9-14)19-16-20-21-17(25-16)24-11-13-10-22-8-3-2-7-15(22)18-13/h2-10H,11H2,1H3,(H,19,20). The van der Waals surface area contributed by atoms with Gasteiger partial charge in [0.25, 0.3) is 0 Å². The lowest BCUT2D eigenvalue weighted by atomic mass is 10.3. The molecule has 0 unspecified atom stereocenters. The van der Waals surface area contributed by atoms with Crippen molar-refractivity contribution in [1.82, 2.24) is 19.6 Å². The normalized spacial score (nSPS) is 10.9. The average molecular weight is 369 g/mol. The third-order valence-electron chi connectivity index (χ3n) is 3.48. The molecule has 0 atom stereocenters. The number of anilines is 2. The SMILES string of the molecule is COc1cccc(Nc2nnc(SCc3cn4ccccc4n3)s2)c1. The molecular weight excluding hydrogens is 354 g/mol. The van der Waals surface area contributed by atoms with E-state index in [0.29, 0.717) is 0 Å². The van der Waals surface area contributed by atoms with Crippen molar-refractivity contribution in [3.63, 3.8) is 0 Å². The number of benzene rings is 1. The molecule has 3 aromatic heterocycles. The maximum absolute atomic E-state index is 5.22. The second kappa shape index (κ2) is 7.12. The van der Waals surface area contributed by atoms with Crippen LogP contribution in [0.1, 0.15) is 5.69 Å². The number of nitrogens with zero attached hydrogens (tertiary/aromatic N) is 4. The summed E-state index contributed by atoms with van der Waals surface area (Å²) in [5.74, 6) is 1.56. The zero-order chi connectivity index (χ0) is 17.1. The van der Waals surface area contributed by atoms with Gasteiger partial charge in [0.1, 0.15) is 11.4 Å². The highest BCUT2D eigenvalue weighted by molar-refractivity contribution is 8.00. The molecule has 126 valence electrons. The number of imidazole rings is 1. The summed E-state index contributed by atoms with van der Waals surface area (Å²) in [7, 11) is 1.65. The highest BCUT2D eigenvalue weighted by Gasteiger charge is 2.08. The minimum Gasteiger partial charge on any atom is -0.497 e. The van der Waals surface area contributed by atoms with Crippen LogP contribution in [0.5, 0.6) is 5.75 Å². The van der Waals surface area contributed by atoms with Gasteiger partial charge in [0, 0.05) is 29.9 Å². The molecular formula is C17H15N5OS2. The lowest BCUT2D eigenvalue weighted by molar-refractivity contribution is 0.415. The van der Waals surface area contributed by atoms with Gasteiger partial charge in [-0.15, -0.1) is 10.2 Å². The molecule has 0 aliphatic heterocycles. The van der Waals surface area contributed by atoms with Gasteiger partial charge in [-0.3, -0.25) is 0 Å². The first-order valence-electron chi connectivity index (χ1n) is 7.60. The summed E-state index contributed by atoms with van der Waals surface area (Å²) in [6, 6.07) is 13.7. The molecule has 4 aromatic rings. The number of hydrogen-bond acceptors (Lipinski definition) is 7. The number of fused-ring (bicyclic) bond motifs is 1. The van der Waals surface area contributed by atoms with Crippen molar-refractivity contribution in [3.05, 3.63) is 60.6 Å². The molecule has 25 heavy (non-hydrogen) atoms. The van der Waals surface area contributed by atoms with Crippen molar-refractivity contribution < 1.29 is 4.74 Å². The molecule has 0 aliphatic carbocycles. The van der Waals surface area contributed by atoms with Crippen molar-refractivity contribution in [2.75, 3.05) is 12.4 Å². The fourth-order valence-corrected chi connectivity index (χ4v) is 3.99. The molecule has 0 radical (unpaired) electrons. The Morgan fingerprint density at radius 2 is 2.16 bits per heavy atom. The van der Waals surface area contributed by atoms with Crippen LogP contribution in [0, 0.1) is 0 Å². The fraction of sp³-hybridized carbons (Fsp3) is 0.118. The Hall–Kier alpha value is -2.58. The second-order valence-electron chi connectivity index (χ2n) is 5.22. The molecule has 3 heterocycles. The van der Waals surface area contributed by atoms with Crippen LogP contribution in [0.25, 0.3) is 5.65 Å². The molecule has 0 saturated carbocycles. The first-order valence-corrected chi connectivity index (χ1v) is 9.40. The van der Waals surface area contributed by atoms with Gasteiger partial charge in [0.2, 0.25) is 5.13 Å². The van der Waals surface area contributed by atoms with E-state index in [-0.39, 0.29) is 0 Å². The van der Waals surface area contributed by atoms with Crippen molar-refractivity contribution >= 4 is 39.6 Å². The minimum absolute atomic E-state index is 0.755. The number of methoxy groups -OCH3 is 1. The van der Waals surface area contributed by atoms with Crippen molar-refractivity contribution in [1.29, 1.82) is 0 Å². The van der Waals surface area contributed by atoms with Gasteiger partial charge >= 0.3 is 0 Å². The number of aromatic nitrogens is 4. The van der Waals surface area contributed by atoms with E-state index < -0.39 is 0 Å². The summed E-state index contributed by atoms with van der Waals surface area (Å²) >= 11 is 3.15. The maximum atomic E-state index is 5.22. The van der Waals surface area contributed by atoms with E-state index in [2.05, 4.69) is 20.5 Å². The van der Waals surface area contributed by atoms with Gasteiger partial charge < -0.3 is 14.5 Å². The summed E-state index contributed by atoms with van der Waals surface area (Å²) in [5, 5.41) is 12.4. The van der Waals surface area contributed by atoms with Crippen molar-refractivity contribution in [2.45, 2.75) is 10.1 Å². The van der Waals surface area contributed by atoms with E-state index in [1.165, 1.54) is 11.3 Å². The highest BCUT2D eigenvalue weighted by atomic mass is 32.2. The topological polar surface area (TPSA) is 64.3 Å². The molecule has 6 nitrogen and oxygen atoms in total. The fourth-order valence-electron chi connectivity index (χ4n) is 2.34. The molecule has 0 amide bonds. The molecule has 8 heteroatoms. The van der Waals surface area contributed by atoms with Crippen LogP contribution in [0.3, 0.4) is 0 Å². The van der Waals surface area contributed by atoms with E-state index in [1.54, 1.807) is 18.9 Å². The van der Waals surface area contributed by atoms with Crippen LogP contribution in [0.15, 0.2) is 59.2 Å². The number of thioether (sulfide) groups is 1. The number of rotatable bonds is 6. The predicted octanol–water partition coefficient (Wildman–Crippen LogP) is 4.23. The second-order valence-corrected chi connectivity index (χ2v) is 7.42. The first-order chi connectivity index (χ1) is 12.3. The summed E-state index contributed by atoms with van der Waals surface area (Å²) in [5.41, 5.74) is 2.90. The smallest absolute Gasteiger partial charge is 0.210 e. The van der Waals surface area contributed by atoms with Gasteiger partial charge in [-0.2, -0.15) is 0 Å². The van der Waals surface area contributed by atoms with Crippen LogP contribution in [0.2, 0.25) is 0 Å². The van der Waals surface area contributed by atoms with Crippen LogP contribution in [-0.4, -0.2) is 26.7 Å². The average Bonchev–Trinajstić information content (AvgIpc) is 3.26. The van der Waals surface area contributed by atoms with Crippen molar-refractivity contribution in [3.8, 4) is 5.75 Å². The monoisotopic (exact) mass is 369 g/mol. The molecule has 0 aliphatic rings. The highest BCUT2D eigenvalue weighted by Crippen LogP contribution is 2.30. The van der Waals surface area contributed by atoms with Crippen LogP contribution in [-0.2, 0) is 5.75 Å². The molecule has 1 N–H and O–H groups in total. The van der Waals surface area contributed by atoms with Crippen LogP contribution >= 0.6 is 23.1 Å². The van der Waals surface area contributed by atoms with Gasteiger partial charge in [0.15, 0.2) is 4.34 Å². The van der Waals surface area contributed by atoms with E-state index in [0.717, 1.165) is 38.0 Å². The first kappa shape index (κ1) is 15.9. The Balaban J connectivity index is 1.40. The lowest BCUT2D eigenvalue weighted by Gasteiger charge is -2.04. The Labute approximate surface area is 152 Å². The third-order valence-corrected chi connectivity index (χ3v) is 5.49. The Kier molecular flexibility index (Phi) is 4.53. The predicted molar refractivity (Wildman–Crippen MR) is 101 cm³/mol. The molecule has 0 spiro atoms. The zero-order valence-corrected chi connectivity index (χ0v) is 15.0. The molecule has 1 aromatic carbocycles. The summed E-state index contributed by atoms with van der Waals surface area (Å²) in [6.07, 6.45) is 4.04. The number of hydrogen-bond donors (Lipinski definition) is 1. The number of pyridine rings is 1. The van der Waals surface area contributed by atoms with E-state index in [1.807, 2.05) is 59.3 Å². The number of ether oxygens (including phenoxy) is 1. The van der Waals surface area contributed by atoms with E-state index in [9.17, 15) is 0 Å². The largest absolute Gasteiger partial charge is 0.497 e. The van der Waals surface area contributed by atoms with Gasteiger partial charge in [0.05, 0.1) is 12.8 Å². The minimum atomic E-state index is 0.755. The summed E-state index contributed by atoms with van der Waals surface area (Å²) < 4.78 is 8.15. The summed E-state index contributed by atoms with van der Waals surface area (Å²) in [4.78, 5) is 4.59. The van der Waals surface area contributed by atoms with Gasteiger partial charge in [-0.25, -0.2) is 4.98 Å². The van der Waals surface area contributed by atoms with Gasteiger partial charge in [-0.05, 0) is 24.3 Å². The Morgan fingerprint density at radius 3 is 3.04 bits per heavy atom. The number of nitrogens with one attached hydrogen (secondary N) is 1. The van der Waals surface area contributed by atoms with Crippen molar-refractivity contribution in [2.24, 2.45) is 0 Å². The molecule has 0 bridgehead atoms. The zero-order valence-electron chi connectivity index (χ0n) is 13.4. The summed E-state index contributed by atoms with van der Waals surface area (Å²) in [6.45, 7) is 0. The Morgan fingerprint density at radius 1 is 1.20 bits per heavy atom. The maximum Gasteiger partial charge on any atom is 0.210 e. The van der Waals surface area contributed by atoms with Gasteiger partial charge in [-0.1, -0.05) is 35.2 Å².